The summed E-state index contributed by atoms with van der Waals surface area (Å²) in [5.74, 6) is 2.78. The molecular formula is C39H41N3O2Pt. The van der Waals surface area contributed by atoms with Gasteiger partial charge in [-0.1, -0.05) is 81.4 Å². The second-order valence-electron chi connectivity index (χ2n) is 14.2. The molecule has 1 aliphatic carbocycles. The number of fused-ring (bicyclic) bond motifs is 4. The summed E-state index contributed by atoms with van der Waals surface area (Å²) in [5.41, 5.74) is 5.86. The fourth-order valence-corrected chi connectivity index (χ4v) is 6.87. The Balaban J connectivity index is 0.00000357. The van der Waals surface area contributed by atoms with Crippen molar-refractivity contribution in [1.29, 1.82) is 0 Å². The Morgan fingerprint density at radius 3 is 2.44 bits per heavy atom. The molecule has 1 aliphatic heterocycles. The Bertz CT molecular complexity index is 1950. The number of aromatic nitrogens is 2. The van der Waals surface area contributed by atoms with E-state index in [9.17, 15) is 0 Å². The van der Waals surface area contributed by atoms with Crippen LogP contribution in [0.4, 0.5) is 0 Å². The van der Waals surface area contributed by atoms with Crippen LogP contribution in [0, 0.1) is 26.0 Å². The van der Waals surface area contributed by atoms with E-state index in [1.54, 1.807) is 0 Å². The number of hydrogen-bond acceptors (Lipinski definition) is 4. The monoisotopic (exact) mass is 778 g/mol. The summed E-state index contributed by atoms with van der Waals surface area (Å²) in [6.07, 6.45) is 7.55. The first-order valence-corrected chi connectivity index (χ1v) is 15.9. The number of ether oxygens (including phenoxy) is 2. The number of hydrogen-bond donors (Lipinski definition) is 0. The normalized spacial score (nSPS) is 21.5. The summed E-state index contributed by atoms with van der Waals surface area (Å²) >= 11 is 0. The van der Waals surface area contributed by atoms with E-state index in [2.05, 4.69) is 108 Å². The Labute approximate surface area is 281 Å². The summed E-state index contributed by atoms with van der Waals surface area (Å²) in [6, 6.07) is 26.1. The molecule has 0 bridgehead atoms. The van der Waals surface area contributed by atoms with Crippen molar-refractivity contribution in [3.63, 3.8) is 0 Å². The molecule has 2 aromatic heterocycles. The van der Waals surface area contributed by atoms with Crippen LogP contribution < -0.4 is 4.74 Å². The molecule has 0 N–H and O–H groups in total. The topological polar surface area (TPSA) is 48.6 Å². The van der Waals surface area contributed by atoms with Crippen molar-refractivity contribution < 1.29 is 30.5 Å². The molecule has 6 heteroatoms. The molecule has 0 spiro atoms. The van der Waals surface area contributed by atoms with Gasteiger partial charge in [-0.25, -0.2) is 4.98 Å². The van der Waals surface area contributed by atoms with Gasteiger partial charge in [0.05, 0.1) is 5.54 Å². The number of pyridine rings is 1. The summed E-state index contributed by atoms with van der Waals surface area (Å²) < 4.78 is 15.3. The van der Waals surface area contributed by atoms with Gasteiger partial charge in [-0.2, -0.15) is 6.07 Å². The van der Waals surface area contributed by atoms with Crippen molar-refractivity contribution in [2.45, 2.75) is 97.1 Å². The van der Waals surface area contributed by atoms with Gasteiger partial charge in [-0.3, -0.25) is 4.99 Å². The number of benzene rings is 3. The SMILES string of the molecule is Cc1cc(Oc2[c-]c3c(cc2)c2cc(C)ccc2n3-c2cc(C(C)(C)C)ccn2)[c-]c(C2=NC3(C)CCCCC[C@]3(C)O2)c1.[Pt+2]. The van der Waals surface area contributed by atoms with Crippen molar-refractivity contribution in [1.82, 2.24) is 9.55 Å². The zero-order valence-corrected chi connectivity index (χ0v) is 29.6. The van der Waals surface area contributed by atoms with Crippen LogP contribution in [0.1, 0.15) is 89.0 Å². The van der Waals surface area contributed by atoms with E-state index in [1.807, 2.05) is 18.3 Å². The number of aryl methyl sites for hydroxylation is 2. The predicted molar refractivity (Wildman–Crippen MR) is 178 cm³/mol. The zero-order chi connectivity index (χ0) is 30.9. The van der Waals surface area contributed by atoms with Crippen LogP contribution in [-0.2, 0) is 31.2 Å². The van der Waals surface area contributed by atoms with Crippen molar-refractivity contribution >= 4 is 27.7 Å². The molecule has 234 valence electrons. The number of aliphatic imine (C=N–C) groups is 1. The molecule has 0 saturated heterocycles. The minimum absolute atomic E-state index is 0. The van der Waals surface area contributed by atoms with E-state index in [-0.39, 0.29) is 37.6 Å². The van der Waals surface area contributed by atoms with Gasteiger partial charge in [0, 0.05) is 23.2 Å². The molecule has 0 amide bonds. The van der Waals surface area contributed by atoms with Crippen LogP contribution in [0.15, 0.2) is 65.8 Å². The van der Waals surface area contributed by atoms with Gasteiger partial charge in [0.25, 0.3) is 0 Å². The fraction of sp³-hybridized carbons (Fsp3) is 0.385. The molecule has 2 aliphatic rings. The number of rotatable bonds is 4. The molecule has 5 nitrogen and oxygen atoms in total. The third-order valence-electron chi connectivity index (χ3n) is 9.71. The van der Waals surface area contributed by atoms with Crippen LogP contribution in [0.3, 0.4) is 0 Å². The fourth-order valence-electron chi connectivity index (χ4n) is 6.87. The smallest absolute Gasteiger partial charge is 0.512 e. The van der Waals surface area contributed by atoms with Crippen LogP contribution in [0.2, 0.25) is 0 Å². The van der Waals surface area contributed by atoms with Gasteiger partial charge < -0.3 is 14.0 Å². The third-order valence-corrected chi connectivity index (χ3v) is 9.71. The van der Waals surface area contributed by atoms with Crippen LogP contribution >= 0.6 is 0 Å². The van der Waals surface area contributed by atoms with E-state index in [0.717, 1.165) is 46.2 Å². The summed E-state index contributed by atoms with van der Waals surface area (Å²) in [6.45, 7) is 15.3. The summed E-state index contributed by atoms with van der Waals surface area (Å²) in [7, 11) is 0. The molecule has 7 rings (SSSR count). The largest absolute Gasteiger partial charge is 2.00 e. The van der Waals surface area contributed by atoms with Crippen molar-refractivity contribution in [3.8, 4) is 17.3 Å². The Kier molecular flexibility index (Phi) is 8.01. The second-order valence-corrected chi connectivity index (χ2v) is 14.2. The van der Waals surface area contributed by atoms with Gasteiger partial charge in [0.1, 0.15) is 17.3 Å². The summed E-state index contributed by atoms with van der Waals surface area (Å²) in [5, 5.41) is 2.28. The zero-order valence-electron chi connectivity index (χ0n) is 27.3. The standard InChI is InChI=1S/C39H41N3O2.Pt/c1-25-11-14-33-32(21-25)31-13-12-29(24-34(31)42(33)35-23-28(15-18-40-35)37(3,4)5)43-30-20-26(2)19-27(22-30)36-41-38(6)16-9-8-10-17-39(38,7)44-36;/h11-15,18-21,23H,8-10,16-17H2,1-7H3;/q-2;+2/t38?,39-;/m0./s1. The first-order chi connectivity index (χ1) is 20.9. The van der Waals surface area contributed by atoms with E-state index < -0.39 is 0 Å². The van der Waals surface area contributed by atoms with Gasteiger partial charge >= 0.3 is 21.1 Å². The van der Waals surface area contributed by atoms with Crippen molar-refractivity contribution in [2.24, 2.45) is 4.99 Å². The maximum Gasteiger partial charge on any atom is 2.00 e. The third kappa shape index (κ3) is 5.63. The van der Waals surface area contributed by atoms with Crippen LogP contribution in [0.25, 0.3) is 27.6 Å². The Morgan fingerprint density at radius 2 is 1.64 bits per heavy atom. The molecule has 1 unspecified atom stereocenters. The molecule has 1 saturated carbocycles. The minimum atomic E-state index is -0.291. The molecule has 45 heavy (non-hydrogen) atoms. The molecule has 0 radical (unpaired) electrons. The minimum Gasteiger partial charge on any atom is -0.512 e. The first-order valence-electron chi connectivity index (χ1n) is 15.9. The molecule has 5 aromatic rings. The second kappa shape index (κ2) is 11.4. The van der Waals surface area contributed by atoms with E-state index in [0.29, 0.717) is 17.4 Å². The molecule has 1 fully saturated rings. The van der Waals surface area contributed by atoms with Crippen LogP contribution in [-0.4, -0.2) is 26.6 Å². The maximum absolute atomic E-state index is 6.63. The average Bonchev–Trinajstić information content (AvgIpc) is 3.37. The molecule has 3 heterocycles. The first kappa shape index (κ1) is 31.5. The van der Waals surface area contributed by atoms with E-state index >= 15 is 0 Å². The Morgan fingerprint density at radius 1 is 0.844 bits per heavy atom. The quantitative estimate of drug-likeness (QED) is 0.171. The summed E-state index contributed by atoms with van der Waals surface area (Å²) in [4.78, 5) is 9.98. The van der Waals surface area contributed by atoms with Crippen LogP contribution in [0.5, 0.6) is 11.5 Å². The number of nitrogens with zero attached hydrogens (tertiary/aromatic N) is 3. The Hall–Kier alpha value is -3.43. The van der Waals surface area contributed by atoms with Gasteiger partial charge in [-0.05, 0) is 74.6 Å². The average molecular weight is 779 g/mol. The van der Waals surface area contributed by atoms with E-state index in [4.69, 9.17) is 19.5 Å². The van der Waals surface area contributed by atoms with Crippen molar-refractivity contribution in [2.75, 3.05) is 0 Å². The molecule has 3 aromatic carbocycles. The van der Waals surface area contributed by atoms with Crippen molar-refractivity contribution in [3.05, 3.63) is 95.2 Å². The molecule has 2 atom stereocenters. The van der Waals surface area contributed by atoms with Gasteiger partial charge in [0.2, 0.25) is 0 Å². The maximum atomic E-state index is 6.63. The molecular weight excluding hydrogens is 738 g/mol. The van der Waals surface area contributed by atoms with E-state index in [1.165, 1.54) is 35.8 Å². The van der Waals surface area contributed by atoms with Gasteiger partial charge in [0.15, 0.2) is 0 Å². The predicted octanol–water partition coefficient (Wildman–Crippen LogP) is 9.74. The van der Waals surface area contributed by atoms with Gasteiger partial charge in [-0.15, -0.1) is 29.1 Å².